The van der Waals surface area contributed by atoms with Crippen LogP contribution >= 0.6 is 0 Å². The molecule has 1 nitrogen and oxygen atoms in total. The van der Waals surface area contributed by atoms with E-state index in [0.29, 0.717) is 0 Å². The van der Waals surface area contributed by atoms with Crippen molar-refractivity contribution in [1.82, 2.24) is 0 Å². The van der Waals surface area contributed by atoms with E-state index in [1.807, 2.05) is 0 Å². The molecule has 196 valence electrons. The summed E-state index contributed by atoms with van der Waals surface area (Å²) in [7, 11) is 0.359. The first-order valence-electron chi connectivity index (χ1n) is 13.7. The second kappa shape index (κ2) is 8.83. The molecule has 0 saturated carbocycles. The van der Waals surface area contributed by atoms with Crippen LogP contribution in [0.3, 0.4) is 0 Å². The molecule has 0 fully saturated rings. The van der Waals surface area contributed by atoms with E-state index < -0.39 is 8.07 Å². The van der Waals surface area contributed by atoms with Gasteiger partial charge < -0.3 is 0 Å². The van der Waals surface area contributed by atoms with Crippen LogP contribution in [0.5, 0.6) is 0 Å². The molecule has 1 heterocycles. The summed E-state index contributed by atoms with van der Waals surface area (Å²) in [6.45, 7) is 33.6. The number of aromatic nitrogens is 1. The van der Waals surface area contributed by atoms with Gasteiger partial charge >= 0.3 is 0 Å². The van der Waals surface area contributed by atoms with E-state index in [0.717, 1.165) is 0 Å². The second-order valence-corrected chi connectivity index (χ2v) is 21.2. The Morgan fingerprint density at radius 3 is 1.72 bits per heavy atom. The molecule has 36 heavy (non-hydrogen) atoms. The maximum absolute atomic E-state index is 2.59. The lowest BCUT2D eigenvalue weighted by Crippen LogP contribution is -2.58. The summed E-state index contributed by atoms with van der Waals surface area (Å²) in [6, 6.07) is 14.6. The molecule has 0 unspecified atom stereocenters. The fraction of sp³-hybridized carbons (Fsp3) is 0.559. The van der Waals surface area contributed by atoms with Crippen molar-refractivity contribution in [3.8, 4) is 11.3 Å². The van der Waals surface area contributed by atoms with E-state index in [9.17, 15) is 0 Å². The predicted molar refractivity (Wildman–Crippen MR) is 163 cm³/mol. The lowest BCUT2D eigenvalue weighted by molar-refractivity contribution is -0.659. The molecule has 0 N–H and O–H groups in total. The van der Waals surface area contributed by atoms with Crippen molar-refractivity contribution in [2.45, 2.75) is 117 Å². The van der Waals surface area contributed by atoms with Gasteiger partial charge in [0.15, 0.2) is 6.20 Å². The van der Waals surface area contributed by atoms with Gasteiger partial charge in [0.2, 0.25) is 5.69 Å². The highest BCUT2D eigenvalue weighted by molar-refractivity contribution is 6.95. The fourth-order valence-corrected chi connectivity index (χ4v) is 11.0. The lowest BCUT2D eigenvalue weighted by Gasteiger charge is -2.50. The van der Waals surface area contributed by atoms with Crippen molar-refractivity contribution < 1.29 is 4.57 Å². The van der Waals surface area contributed by atoms with Crippen LogP contribution in [0, 0.1) is 6.92 Å². The fourth-order valence-electron chi connectivity index (χ4n) is 6.18. The van der Waals surface area contributed by atoms with Gasteiger partial charge in [0.25, 0.3) is 0 Å². The predicted octanol–water partition coefficient (Wildman–Crippen LogP) is 9.12. The zero-order valence-electron chi connectivity index (χ0n) is 26.0. The van der Waals surface area contributed by atoms with Gasteiger partial charge in [-0.25, -0.2) is 4.57 Å². The van der Waals surface area contributed by atoms with Gasteiger partial charge in [0.1, 0.15) is 7.05 Å². The summed E-state index contributed by atoms with van der Waals surface area (Å²) < 4.78 is 2.33. The summed E-state index contributed by atoms with van der Waals surface area (Å²) >= 11 is 0. The van der Waals surface area contributed by atoms with Crippen molar-refractivity contribution in [1.29, 1.82) is 0 Å². The Morgan fingerprint density at radius 1 is 0.694 bits per heavy atom. The normalized spacial score (nSPS) is 14.0. The average molecular weight is 503 g/mol. The van der Waals surface area contributed by atoms with Crippen LogP contribution in [0.1, 0.15) is 99.8 Å². The molecule has 0 atom stereocenters. The minimum absolute atomic E-state index is 0.0866. The topological polar surface area (TPSA) is 3.88 Å². The first kappa shape index (κ1) is 28.6. The van der Waals surface area contributed by atoms with Gasteiger partial charge in [0.05, 0.1) is 19.0 Å². The number of pyridine rings is 1. The Bertz CT molecular complexity index is 1270. The molecule has 3 aromatic rings. The lowest BCUT2D eigenvalue weighted by atomic mass is 9.76. The Kier molecular flexibility index (Phi) is 7.02. The highest BCUT2D eigenvalue weighted by Crippen LogP contribution is 2.50. The first-order chi connectivity index (χ1) is 16.1. The average Bonchev–Trinajstić information content (AvgIpc) is 2.70. The molecule has 3 rings (SSSR count). The monoisotopic (exact) mass is 502 g/mol. The van der Waals surface area contributed by atoms with Crippen LogP contribution in [-0.4, -0.2) is 8.07 Å². The minimum atomic E-state index is -1.84. The second-order valence-electron chi connectivity index (χ2n) is 15.4. The number of hydrogen-bond donors (Lipinski definition) is 0. The van der Waals surface area contributed by atoms with E-state index in [2.05, 4.69) is 151 Å². The van der Waals surface area contributed by atoms with Crippen LogP contribution in [0.25, 0.3) is 22.0 Å². The van der Waals surface area contributed by atoms with Gasteiger partial charge in [-0.05, 0) is 62.0 Å². The van der Waals surface area contributed by atoms with Gasteiger partial charge in [-0.3, -0.25) is 0 Å². The van der Waals surface area contributed by atoms with Crippen LogP contribution in [0.4, 0.5) is 0 Å². The van der Waals surface area contributed by atoms with E-state index in [1.54, 1.807) is 5.19 Å². The summed E-state index contributed by atoms with van der Waals surface area (Å²) in [5.74, 6) is 0. The zero-order chi connectivity index (χ0) is 27.6. The van der Waals surface area contributed by atoms with E-state index >= 15 is 0 Å². The summed E-state index contributed by atoms with van der Waals surface area (Å²) in [6.07, 6.45) is 2.26. The Hall–Kier alpha value is -1.93. The maximum Gasteiger partial charge on any atom is 0.220 e. The van der Waals surface area contributed by atoms with E-state index in [4.69, 9.17) is 0 Å². The molecule has 0 radical (unpaired) electrons. The summed E-state index contributed by atoms with van der Waals surface area (Å²) in [5.41, 5.74) is 7.10. The number of benzene rings is 2. The third kappa shape index (κ3) is 4.83. The third-order valence-corrected chi connectivity index (χ3v) is 16.5. The number of nitrogens with zero attached hydrogens (tertiary/aromatic N) is 1. The number of fused-ring (bicyclic) bond motifs is 1. The van der Waals surface area contributed by atoms with Crippen LogP contribution < -0.4 is 9.75 Å². The quantitative estimate of drug-likeness (QED) is 0.243. The van der Waals surface area contributed by atoms with Crippen molar-refractivity contribution in [2.75, 3.05) is 0 Å². The smallest absolute Gasteiger partial charge is 0.200 e. The molecule has 1 aromatic heterocycles. The number of rotatable bonds is 2. The molecule has 2 aromatic carbocycles. The highest BCUT2D eigenvalue weighted by Gasteiger charge is 2.50. The Labute approximate surface area is 223 Å². The van der Waals surface area contributed by atoms with Gasteiger partial charge in [-0.2, -0.15) is 0 Å². The van der Waals surface area contributed by atoms with Crippen LogP contribution in [-0.2, 0) is 17.9 Å². The standard InChI is InChI=1S/C34H52NSi/c1-23-28(21-25(31(2,3)4)22-29(23)32(5,6)7)30-27-17-16-26(20-24(27)18-19-35(30)14)36(15,33(8,9)10)34(11,12)13/h16-22H,1-15H3/q+1. The molecule has 0 spiro atoms. The minimum Gasteiger partial charge on any atom is -0.200 e. The van der Waals surface area contributed by atoms with Crippen LogP contribution in [0.2, 0.25) is 16.6 Å². The number of aryl methyl sites for hydroxylation is 1. The Morgan fingerprint density at radius 2 is 1.25 bits per heavy atom. The molecular weight excluding hydrogens is 450 g/mol. The third-order valence-electron chi connectivity index (χ3n) is 9.05. The van der Waals surface area contributed by atoms with Gasteiger partial charge in [0, 0.05) is 6.07 Å². The molecule has 0 aliphatic rings. The number of hydrogen-bond acceptors (Lipinski definition) is 0. The largest absolute Gasteiger partial charge is 0.220 e. The van der Waals surface area contributed by atoms with Gasteiger partial charge in [-0.1, -0.05) is 113 Å². The highest BCUT2D eigenvalue weighted by atomic mass is 28.3. The summed E-state index contributed by atoms with van der Waals surface area (Å²) in [4.78, 5) is 0. The van der Waals surface area contributed by atoms with Crippen molar-refractivity contribution in [3.05, 3.63) is 59.3 Å². The molecule has 2 heteroatoms. The van der Waals surface area contributed by atoms with Crippen molar-refractivity contribution in [2.24, 2.45) is 7.05 Å². The maximum atomic E-state index is 2.59. The Balaban J connectivity index is 2.41. The SMILES string of the molecule is Cc1c(-c2c3ccc([Si](C)(C(C)(C)C)C(C)(C)C)cc3cc[n+]2C)cc(C(C)(C)C)cc1C(C)(C)C. The molecule has 0 aliphatic heterocycles. The molecular formula is C34H52NSi+. The summed E-state index contributed by atoms with van der Waals surface area (Å²) in [5, 5.41) is 4.79. The van der Waals surface area contributed by atoms with Crippen molar-refractivity contribution >= 4 is 24.0 Å². The molecule has 0 saturated heterocycles. The van der Waals surface area contributed by atoms with E-state index in [-0.39, 0.29) is 20.9 Å². The van der Waals surface area contributed by atoms with Crippen molar-refractivity contribution in [3.63, 3.8) is 0 Å². The van der Waals surface area contributed by atoms with E-state index in [1.165, 1.54) is 38.7 Å². The van der Waals surface area contributed by atoms with Gasteiger partial charge in [-0.15, -0.1) is 0 Å². The molecule has 0 bridgehead atoms. The molecule has 0 amide bonds. The first-order valence-corrected chi connectivity index (χ1v) is 16.2. The zero-order valence-corrected chi connectivity index (χ0v) is 27.0. The molecule has 0 aliphatic carbocycles. The van der Waals surface area contributed by atoms with Crippen LogP contribution in [0.15, 0.2) is 42.6 Å².